The number of aryl methyl sites for hydroxylation is 1. The van der Waals surface area contributed by atoms with Gasteiger partial charge in [0.1, 0.15) is 0 Å². The predicted octanol–water partition coefficient (Wildman–Crippen LogP) is 1.73. The van der Waals surface area contributed by atoms with Gasteiger partial charge in [0.15, 0.2) is 11.6 Å². The number of halogens is 1. The number of phenols is 1. The normalized spacial score (nSPS) is 22.4. The van der Waals surface area contributed by atoms with E-state index >= 15 is 0 Å². The van der Waals surface area contributed by atoms with Gasteiger partial charge in [0, 0.05) is 44.3 Å². The SMILES string of the molecule is Cc1ccc(F)c(O)c1CN1CCN(CC(C)O)C(C)C1. The molecule has 0 radical (unpaired) electrons. The molecule has 2 rings (SSSR count). The Morgan fingerprint density at radius 2 is 2.10 bits per heavy atom. The number of piperazine rings is 1. The minimum Gasteiger partial charge on any atom is -0.505 e. The molecule has 2 N–H and O–H groups in total. The summed E-state index contributed by atoms with van der Waals surface area (Å²) in [6, 6.07) is 3.35. The summed E-state index contributed by atoms with van der Waals surface area (Å²) in [6.07, 6.45) is -0.325. The Balaban J connectivity index is 2.02. The van der Waals surface area contributed by atoms with Crippen molar-refractivity contribution in [3.8, 4) is 5.75 Å². The maximum atomic E-state index is 13.5. The highest BCUT2D eigenvalue weighted by molar-refractivity contribution is 5.39. The van der Waals surface area contributed by atoms with Crippen LogP contribution in [0.3, 0.4) is 0 Å². The van der Waals surface area contributed by atoms with Crippen LogP contribution in [0.15, 0.2) is 12.1 Å². The maximum absolute atomic E-state index is 13.5. The molecule has 118 valence electrons. The van der Waals surface area contributed by atoms with Crippen LogP contribution in [0.2, 0.25) is 0 Å². The van der Waals surface area contributed by atoms with E-state index in [0.717, 1.165) is 25.2 Å². The van der Waals surface area contributed by atoms with E-state index in [9.17, 15) is 14.6 Å². The van der Waals surface area contributed by atoms with Gasteiger partial charge in [0.05, 0.1) is 6.10 Å². The number of aliphatic hydroxyl groups excluding tert-OH is 1. The summed E-state index contributed by atoms with van der Waals surface area (Å²) in [5, 5.41) is 19.4. The Labute approximate surface area is 125 Å². The van der Waals surface area contributed by atoms with E-state index in [1.165, 1.54) is 6.07 Å². The van der Waals surface area contributed by atoms with Gasteiger partial charge in [-0.3, -0.25) is 9.80 Å². The van der Waals surface area contributed by atoms with Gasteiger partial charge in [-0.25, -0.2) is 4.39 Å². The first-order valence-corrected chi connectivity index (χ1v) is 7.50. The highest BCUT2D eigenvalue weighted by Crippen LogP contribution is 2.26. The van der Waals surface area contributed by atoms with Crippen LogP contribution in [0.5, 0.6) is 5.75 Å². The molecule has 1 aromatic carbocycles. The fraction of sp³-hybridized carbons (Fsp3) is 0.625. The molecule has 1 aliphatic rings. The van der Waals surface area contributed by atoms with Crippen molar-refractivity contribution in [2.45, 2.75) is 39.5 Å². The van der Waals surface area contributed by atoms with Crippen molar-refractivity contribution in [3.63, 3.8) is 0 Å². The number of rotatable bonds is 4. The monoisotopic (exact) mass is 296 g/mol. The average Bonchev–Trinajstić information content (AvgIpc) is 2.42. The molecule has 21 heavy (non-hydrogen) atoms. The van der Waals surface area contributed by atoms with Crippen molar-refractivity contribution < 1.29 is 14.6 Å². The standard InChI is InChI=1S/C16H25FN2O2/c1-11-4-5-15(17)16(21)14(11)10-18-6-7-19(9-13(3)20)12(2)8-18/h4-5,12-13,20-21H,6-10H2,1-3H3. The lowest BCUT2D eigenvalue weighted by atomic mass is 10.1. The van der Waals surface area contributed by atoms with Gasteiger partial charge >= 0.3 is 0 Å². The first-order chi connectivity index (χ1) is 9.88. The van der Waals surface area contributed by atoms with E-state index in [1.54, 1.807) is 13.0 Å². The van der Waals surface area contributed by atoms with Crippen LogP contribution in [0.1, 0.15) is 25.0 Å². The van der Waals surface area contributed by atoms with Gasteiger partial charge in [0.25, 0.3) is 0 Å². The first kappa shape index (κ1) is 16.2. The number of β-amino-alcohol motifs (C(OH)–C–C–N with tert-alkyl or cyclic N) is 1. The lowest BCUT2D eigenvalue weighted by molar-refractivity contribution is 0.0419. The van der Waals surface area contributed by atoms with E-state index in [0.29, 0.717) is 24.7 Å². The Kier molecular flexibility index (Phi) is 5.19. The molecule has 1 aliphatic heterocycles. The molecule has 2 unspecified atom stereocenters. The van der Waals surface area contributed by atoms with Gasteiger partial charge in [-0.2, -0.15) is 0 Å². The Morgan fingerprint density at radius 1 is 1.38 bits per heavy atom. The lowest BCUT2D eigenvalue weighted by Gasteiger charge is -2.40. The quantitative estimate of drug-likeness (QED) is 0.888. The van der Waals surface area contributed by atoms with Crippen LogP contribution in [0.25, 0.3) is 0 Å². The molecular formula is C16H25FN2O2. The topological polar surface area (TPSA) is 46.9 Å². The molecule has 0 aromatic heterocycles. The van der Waals surface area contributed by atoms with Gasteiger partial charge in [-0.15, -0.1) is 0 Å². The number of nitrogens with zero attached hydrogens (tertiary/aromatic N) is 2. The van der Waals surface area contributed by atoms with Crippen molar-refractivity contribution >= 4 is 0 Å². The fourth-order valence-corrected chi connectivity index (χ4v) is 2.96. The third-order valence-corrected chi connectivity index (χ3v) is 4.20. The highest BCUT2D eigenvalue weighted by Gasteiger charge is 2.25. The number of hydrogen-bond acceptors (Lipinski definition) is 4. The van der Waals surface area contributed by atoms with E-state index in [1.807, 2.05) is 6.92 Å². The van der Waals surface area contributed by atoms with E-state index in [4.69, 9.17) is 0 Å². The number of aliphatic hydroxyl groups is 1. The average molecular weight is 296 g/mol. The minimum absolute atomic E-state index is 0.228. The zero-order valence-corrected chi connectivity index (χ0v) is 13.0. The van der Waals surface area contributed by atoms with Crippen LogP contribution < -0.4 is 0 Å². The van der Waals surface area contributed by atoms with E-state index in [2.05, 4.69) is 16.7 Å². The minimum atomic E-state index is -0.559. The van der Waals surface area contributed by atoms with Crippen molar-refractivity contribution in [1.82, 2.24) is 9.80 Å². The zero-order valence-electron chi connectivity index (χ0n) is 13.0. The molecule has 4 nitrogen and oxygen atoms in total. The lowest BCUT2D eigenvalue weighted by Crippen LogP contribution is -2.53. The van der Waals surface area contributed by atoms with Gasteiger partial charge in [-0.05, 0) is 32.4 Å². The van der Waals surface area contributed by atoms with Crippen LogP contribution >= 0.6 is 0 Å². The first-order valence-electron chi connectivity index (χ1n) is 7.50. The molecule has 0 amide bonds. The van der Waals surface area contributed by atoms with Crippen molar-refractivity contribution in [3.05, 3.63) is 29.1 Å². The van der Waals surface area contributed by atoms with Crippen LogP contribution in [-0.4, -0.2) is 58.3 Å². The van der Waals surface area contributed by atoms with E-state index < -0.39 is 5.82 Å². The summed E-state index contributed by atoms with van der Waals surface area (Å²) >= 11 is 0. The van der Waals surface area contributed by atoms with Crippen LogP contribution in [-0.2, 0) is 6.54 Å². The summed E-state index contributed by atoms with van der Waals surface area (Å²) < 4.78 is 13.5. The third kappa shape index (κ3) is 3.93. The largest absolute Gasteiger partial charge is 0.505 e. The summed E-state index contributed by atoms with van der Waals surface area (Å²) in [5.74, 6) is -0.787. The Bertz CT molecular complexity index is 493. The highest BCUT2D eigenvalue weighted by atomic mass is 19.1. The van der Waals surface area contributed by atoms with Crippen LogP contribution in [0.4, 0.5) is 4.39 Å². The molecular weight excluding hydrogens is 271 g/mol. The maximum Gasteiger partial charge on any atom is 0.165 e. The molecule has 1 saturated heterocycles. The summed E-state index contributed by atoms with van der Waals surface area (Å²) in [6.45, 7) is 9.64. The Hall–Kier alpha value is -1.17. The van der Waals surface area contributed by atoms with Crippen molar-refractivity contribution in [1.29, 1.82) is 0 Å². The summed E-state index contributed by atoms with van der Waals surface area (Å²) in [4.78, 5) is 4.49. The second kappa shape index (κ2) is 6.73. The van der Waals surface area contributed by atoms with Gasteiger partial charge in [-0.1, -0.05) is 6.07 Å². The molecule has 0 aliphatic carbocycles. The smallest absolute Gasteiger partial charge is 0.165 e. The van der Waals surface area contributed by atoms with E-state index in [-0.39, 0.29) is 11.9 Å². The van der Waals surface area contributed by atoms with Gasteiger partial charge < -0.3 is 10.2 Å². The summed E-state index contributed by atoms with van der Waals surface area (Å²) in [7, 11) is 0. The molecule has 1 heterocycles. The molecule has 1 fully saturated rings. The third-order valence-electron chi connectivity index (χ3n) is 4.20. The predicted molar refractivity (Wildman–Crippen MR) is 80.8 cm³/mol. The Morgan fingerprint density at radius 3 is 2.71 bits per heavy atom. The second-order valence-corrected chi connectivity index (χ2v) is 6.12. The molecule has 0 spiro atoms. The summed E-state index contributed by atoms with van der Waals surface area (Å²) in [5.41, 5.74) is 1.58. The number of hydrogen-bond donors (Lipinski definition) is 2. The number of aromatic hydroxyl groups is 1. The molecule has 2 atom stereocenters. The molecule has 1 aromatic rings. The number of phenolic OH excluding ortho intramolecular Hbond substituents is 1. The number of benzene rings is 1. The molecule has 0 saturated carbocycles. The molecule has 5 heteroatoms. The zero-order chi connectivity index (χ0) is 15.6. The van der Waals surface area contributed by atoms with Crippen molar-refractivity contribution in [2.75, 3.05) is 26.2 Å². The second-order valence-electron chi connectivity index (χ2n) is 6.12. The van der Waals surface area contributed by atoms with Crippen molar-refractivity contribution in [2.24, 2.45) is 0 Å². The molecule has 0 bridgehead atoms. The van der Waals surface area contributed by atoms with Crippen LogP contribution in [0, 0.1) is 12.7 Å². The van der Waals surface area contributed by atoms with Gasteiger partial charge in [0.2, 0.25) is 0 Å². The fourth-order valence-electron chi connectivity index (χ4n) is 2.96.